The second-order valence-electron chi connectivity index (χ2n) is 3.68. The van der Waals surface area contributed by atoms with Crippen molar-refractivity contribution >= 4 is 22.9 Å². The molecule has 0 spiro atoms. The number of rotatable bonds is 3. The molecule has 0 amide bonds. The lowest BCUT2D eigenvalue weighted by atomic mass is 10.2. The van der Waals surface area contributed by atoms with Crippen LogP contribution in [0.2, 0.25) is 0 Å². The molecule has 0 bridgehead atoms. The highest BCUT2D eigenvalue weighted by molar-refractivity contribution is 7.07. The van der Waals surface area contributed by atoms with Gasteiger partial charge < -0.3 is 0 Å². The quantitative estimate of drug-likeness (QED) is 0.701. The van der Waals surface area contributed by atoms with Crippen molar-refractivity contribution in [1.29, 1.82) is 0 Å². The maximum Gasteiger partial charge on any atom is 0.0264 e. The third-order valence-corrected chi connectivity index (χ3v) is 3.74. The summed E-state index contributed by atoms with van der Waals surface area (Å²) in [5, 5.41) is 4.37. The number of hydrogen-bond donors (Lipinski definition) is 0. The maximum atomic E-state index is 5.83. The summed E-state index contributed by atoms with van der Waals surface area (Å²) in [6.07, 6.45) is 1.27. The van der Waals surface area contributed by atoms with Gasteiger partial charge in [-0.15, -0.1) is 11.6 Å². The van der Waals surface area contributed by atoms with E-state index in [2.05, 4.69) is 21.7 Å². The zero-order valence-corrected chi connectivity index (χ0v) is 9.15. The zero-order valence-electron chi connectivity index (χ0n) is 7.58. The maximum absolute atomic E-state index is 5.83. The molecule has 0 saturated carbocycles. The molecule has 0 aliphatic carbocycles. The van der Waals surface area contributed by atoms with E-state index >= 15 is 0 Å². The van der Waals surface area contributed by atoms with Crippen LogP contribution in [-0.4, -0.2) is 23.9 Å². The average molecular weight is 216 g/mol. The van der Waals surface area contributed by atoms with E-state index in [0.717, 1.165) is 18.3 Å². The predicted molar refractivity (Wildman–Crippen MR) is 58.4 cm³/mol. The smallest absolute Gasteiger partial charge is 0.0264 e. The molecule has 13 heavy (non-hydrogen) atoms. The Morgan fingerprint density at radius 3 is 3.15 bits per heavy atom. The van der Waals surface area contributed by atoms with Gasteiger partial charge in [-0.05, 0) is 41.3 Å². The first-order valence-electron chi connectivity index (χ1n) is 4.68. The number of nitrogens with zero attached hydrogens (tertiary/aromatic N) is 1. The fourth-order valence-electron chi connectivity index (χ4n) is 1.82. The van der Waals surface area contributed by atoms with Gasteiger partial charge in [0.25, 0.3) is 0 Å². The summed E-state index contributed by atoms with van der Waals surface area (Å²) in [6.45, 7) is 3.50. The van der Waals surface area contributed by atoms with Crippen molar-refractivity contribution < 1.29 is 0 Å². The highest BCUT2D eigenvalue weighted by Gasteiger charge is 2.21. The van der Waals surface area contributed by atoms with Gasteiger partial charge in [0.15, 0.2) is 0 Å². The van der Waals surface area contributed by atoms with Crippen LogP contribution in [0, 0.1) is 5.92 Å². The van der Waals surface area contributed by atoms with E-state index in [1.165, 1.54) is 25.1 Å². The van der Waals surface area contributed by atoms with Gasteiger partial charge in [0, 0.05) is 19.0 Å². The summed E-state index contributed by atoms with van der Waals surface area (Å²) in [5.41, 5.74) is 1.44. The van der Waals surface area contributed by atoms with Crippen LogP contribution in [0.15, 0.2) is 16.8 Å². The van der Waals surface area contributed by atoms with Gasteiger partial charge in [0.1, 0.15) is 0 Å². The van der Waals surface area contributed by atoms with Crippen molar-refractivity contribution in [2.45, 2.75) is 13.0 Å². The van der Waals surface area contributed by atoms with E-state index in [1.54, 1.807) is 11.3 Å². The fraction of sp³-hybridized carbons (Fsp3) is 0.600. The molecule has 2 heterocycles. The average Bonchev–Trinajstić information content (AvgIpc) is 2.76. The molecule has 1 fully saturated rings. The zero-order chi connectivity index (χ0) is 9.10. The van der Waals surface area contributed by atoms with E-state index in [-0.39, 0.29) is 0 Å². The molecule has 1 aromatic heterocycles. The first kappa shape index (κ1) is 9.50. The second-order valence-corrected chi connectivity index (χ2v) is 4.76. The first-order chi connectivity index (χ1) is 6.38. The summed E-state index contributed by atoms with van der Waals surface area (Å²) < 4.78 is 0. The molecule has 1 aliphatic rings. The predicted octanol–water partition coefficient (Wildman–Crippen LogP) is 2.81. The monoisotopic (exact) mass is 215 g/mol. The Hall–Kier alpha value is -0.0500. The van der Waals surface area contributed by atoms with E-state index in [9.17, 15) is 0 Å². The normalized spacial score (nSPS) is 23.9. The molecule has 1 atom stereocenters. The SMILES string of the molecule is ClCC1CCN(Cc2ccsc2)C1. The van der Waals surface area contributed by atoms with Crippen LogP contribution in [-0.2, 0) is 6.54 Å². The van der Waals surface area contributed by atoms with Crippen LogP contribution < -0.4 is 0 Å². The van der Waals surface area contributed by atoms with Gasteiger partial charge in [-0.25, -0.2) is 0 Å². The number of likely N-dealkylation sites (tertiary alicyclic amines) is 1. The van der Waals surface area contributed by atoms with Gasteiger partial charge in [-0.2, -0.15) is 11.3 Å². The van der Waals surface area contributed by atoms with Gasteiger partial charge in [-0.1, -0.05) is 0 Å². The summed E-state index contributed by atoms with van der Waals surface area (Å²) in [4.78, 5) is 2.50. The molecule has 1 aromatic rings. The van der Waals surface area contributed by atoms with Crippen LogP contribution >= 0.6 is 22.9 Å². The molecule has 1 saturated heterocycles. The molecule has 0 aromatic carbocycles. The van der Waals surface area contributed by atoms with Gasteiger partial charge in [-0.3, -0.25) is 4.90 Å². The van der Waals surface area contributed by atoms with Crippen LogP contribution in [0.25, 0.3) is 0 Å². The highest BCUT2D eigenvalue weighted by Crippen LogP contribution is 2.20. The molecular formula is C10H14ClNS. The molecule has 3 heteroatoms. The number of halogens is 1. The molecule has 2 rings (SSSR count). The molecular weight excluding hydrogens is 202 g/mol. The number of hydrogen-bond acceptors (Lipinski definition) is 2. The van der Waals surface area contributed by atoms with Crippen LogP contribution in [0.3, 0.4) is 0 Å². The lowest BCUT2D eigenvalue weighted by Gasteiger charge is -2.13. The first-order valence-corrected chi connectivity index (χ1v) is 6.15. The topological polar surface area (TPSA) is 3.24 Å². The van der Waals surface area contributed by atoms with Crippen molar-refractivity contribution in [2.75, 3.05) is 19.0 Å². The Balaban J connectivity index is 1.84. The fourth-order valence-corrected chi connectivity index (χ4v) is 2.73. The number of alkyl halides is 1. The van der Waals surface area contributed by atoms with E-state index in [4.69, 9.17) is 11.6 Å². The minimum atomic E-state index is 0.723. The third-order valence-electron chi connectivity index (χ3n) is 2.57. The van der Waals surface area contributed by atoms with Gasteiger partial charge in [0.05, 0.1) is 0 Å². The molecule has 0 N–H and O–H groups in total. The lowest BCUT2D eigenvalue weighted by Crippen LogP contribution is -2.20. The standard InChI is InChI=1S/C10H14ClNS/c11-5-9-1-3-12(6-9)7-10-2-4-13-8-10/h2,4,8-9H,1,3,5-7H2. The Labute approximate surface area is 88.3 Å². The lowest BCUT2D eigenvalue weighted by molar-refractivity contribution is 0.321. The van der Waals surface area contributed by atoms with Gasteiger partial charge >= 0.3 is 0 Å². The van der Waals surface area contributed by atoms with Crippen LogP contribution in [0.1, 0.15) is 12.0 Å². The van der Waals surface area contributed by atoms with Crippen molar-refractivity contribution in [2.24, 2.45) is 5.92 Å². The molecule has 72 valence electrons. The van der Waals surface area contributed by atoms with Gasteiger partial charge in [0.2, 0.25) is 0 Å². The summed E-state index contributed by atoms with van der Waals surface area (Å²) in [5.74, 6) is 1.54. The minimum Gasteiger partial charge on any atom is -0.299 e. The highest BCUT2D eigenvalue weighted by atomic mass is 35.5. The minimum absolute atomic E-state index is 0.723. The largest absolute Gasteiger partial charge is 0.299 e. The van der Waals surface area contributed by atoms with Crippen molar-refractivity contribution in [3.05, 3.63) is 22.4 Å². The van der Waals surface area contributed by atoms with Crippen LogP contribution in [0.5, 0.6) is 0 Å². The Morgan fingerprint density at radius 2 is 2.54 bits per heavy atom. The van der Waals surface area contributed by atoms with Crippen molar-refractivity contribution in [3.8, 4) is 0 Å². The Morgan fingerprint density at radius 1 is 1.62 bits per heavy atom. The molecule has 1 nitrogen and oxygen atoms in total. The second kappa shape index (κ2) is 4.45. The van der Waals surface area contributed by atoms with E-state index in [1.807, 2.05) is 0 Å². The molecule has 1 aliphatic heterocycles. The molecule has 0 radical (unpaired) electrons. The summed E-state index contributed by atoms with van der Waals surface area (Å²) >= 11 is 7.61. The number of thiophene rings is 1. The van der Waals surface area contributed by atoms with Crippen LogP contribution in [0.4, 0.5) is 0 Å². The summed E-state index contributed by atoms with van der Waals surface area (Å²) in [7, 11) is 0. The molecule has 1 unspecified atom stereocenters. The third kappa shape index (κ3) is 2.46. The van der Waals surface area contributed by atoms with E-state index in [0.29, 0.717) is 0 Å². The van der Waals surface area contributed by atoms with Crippen molar-refractivity contribution in [3.63, 3.8) is 0 Å². The van der Waals surface area contributed by atoms with E-state index < -0.39 is 0 Å². The van der Waals surface area contributed by atoms with Crippen molar-refractivity contribution in [1.82, 2.24) is 4.90 Å². The summed E-state index contributed by atoms with van der Waals surface area (Å²) in [6, 6.07) is 2.21. The Bertz CT molecular complexity index is 247. The Kier molecular flexibility index (Phi) is 3.25.